The van der Waals surface area contributed by atoms with Crippen LogP contribution >= 0.6 is 0 Å². The highest BCUT2D eigenvalue weighted by Crippen LogP contribution is 2.18. The number of nitrogens with one attached hydrogen (secondary N) is 1. The molecule has 2 nitrogen and oxygen atoms in total. The molecule has 4 heteroatoms. The quantitative estimate of drug-likeness (QED) is 0.737. The van der Waals surface area contributed by atoms with Crippen LogP contribution in [0.4, 0.5) is 8.78 Å². The van der Waals surface area contributed by atoms with E-state index in [1.54, 1.807) is 0 Å². The number of rotatable bonds is 5. The van der Waals surface area contributed by atoms with Crippen molar-refractivity contribution in [2.45, 2.75) is 19.3 Å². The van der Waals surface area contributed by atoms with Crippen LogP contribution in [0.15, 0.2) is 18.3 Å². The van der Waals surface area contributed by atoms with Gasteiger partial charge in [-0.25, -0.2) is 8.78 Å². The number of pyridine rings is 1. The topological polar surface area (TPSA) is 24.9 Å². The Morgan fingerprint density at radius 2 is 2.29 bits per heavy atom. The fourth-order valence-electron chi connectivity index (χ4n) is 1.22. The minimum atomic E-state index is -2.40. The third-order valence-electron chi connectivity index (χ3n) is 1.95. The normalized spacial score (nSPS) is 10.9. The predicted octanol–water partition coefficient (Wildman–Crippen LogP) is 2.17. The van der Waals surface area contributed by atoms with Gasteiger partial charge in [0.25, 0.3) is 6.43 Å². The van der Waals surface area contributed by atoms with Gasteiger partial charge in [-0.2, -0.15) is 0 Å². The van der Waals surface area contributed by atoms with Crippen LogP contribution in [0.3, 0.4) is 0 Å². The van der Waals surface area contributed by atoms with E-state index >= 15 is 0 Å². The summed E-state index contributed by atoms with van der Waals surface area (Å²) >= 11 is 0. The fourth-order valence-corrected chi connectivity index (χ4v) is 1.22. The van der Waals surface area contributed by atoms with E-state index in [1.165, 1.54) is 18.3 Å². The van der Waals surface area contributed by atoms with Crippen LogP contribution in [0.2, 0.25) is 0 Å². The van der Waals surface area contributed by atoms with Gasteiger partial charge in [0.2, 0.25) is 0 Å². The summed E-state index contributed by atoms with van der Waals surface area (Å²) in [5.41, 5.74) is 0.789. The van der Waals surface area contributed by atoms with E-state index in [-0.39, 0.29) is 5.56 Å². The molecule has 0 aromatic carbocycles. The summed E-state index contributed by atoms with van der Waals surface area (Å²) < 4.78 is 24.6. The van der Waals surface area contributed by atoms with Crippen molar-refractivity contribution >= 4 is 0 Å². The first-order valence-corrected chi connectivity index (χ1v) is 4.61. The molecule has 1 aromatic rings. The number of aromatic nitrogens is 1. The molecule has 0 radical (unpaired) electrons. The second-order valence-electron chi connectivity index (χ2n) is 3.09. The van der Waals surface area contributed by atoms with Crippen LogP contribution in [-0.4, -0.2) is 18.6 Å². The van der Waals surface area contributed by atoms with Gasteiger partial charge in [-0.05, 0) is 38.6 Å². The minimum absolute atomic E-state index is 0.0551. The monoisotopic (exact) mass is 200 g/mol. The molecule has 0 bridgehead atoms. The Balaban J connectivity index is 2.55. The van der Waals surface area contributed by atoms with Gasteiger partial charge in [0.1, 0.15) is 0 Å². The molecular weight excluding hydrogens is 186 g/mol. The Hall–Kier alpha value is -1.03. The zero-order valence-corrected chi connectivity index (χ0v) is 8.13. The van der Waals surface area contributed by atoms with E-state index in [1.807, 2.05) is 7.05 Å². The Kier molecular flexibility index (Phi) is 4.46. The second-order valence-corrected chi connectivity index (χ2v) is 3.09. The highest BCUT2D eigenvalue weighted by molar-refractivity contribution is 5.17. The summed E-state index contributed by atoms with van der Waals surface area (Å²) in [4.78, 5) is 4.03. The molecule has 0 spiro atoms. The Morgan fingerprint density at radius 3 is 2.93 bits per heavy atom. The van der Waals surface area contributed by atoms with Gasteiger partial charge in [-0.3, -0.25) is 4.98 Å². The standard InChI is InChI=1S/C10H14F2N2/c1-13-5-2-3-9-7-8(10(11)12)4-6-14-9/h4,6-7,10,13H,2-3,5H2,1H3. The molecule has 1 rings (SSSR count). The minimum Gasteiger partial charge on any atom is -0.320 e. The zero-order chi connectivity index (χ0) is 10.4. The maximum atomic E-state index is 12.3. The molecule has 0 aliphatic heterocycles. The van der Waals surface area contributed by atoms with Gasteiger partial charge in [-0.1, -0.05) is 0 Å². The second kappa shape index (κ2) is 5.65. The summed E-state index contributed by atoms with van der Waals surface area (Å²) in [7, 11) is 1.86. The summed E-state index contributed by atoms with van der Waals surface area (Å²) in [6.45, 7) is 0.876. The SMILES string of the molecule is CNCCCc1cc(C(F)F)ccn1. The van der Waals surface area contributed by atoms with Gasteiger partial charge >= 0.3 is 0 Å². The van der Waals surface area contributed by atoms with Crippen LogP contribution in [-0.2, 0) is 6.42 Å². The third kappa shape index (κ3) is 3.38. The van der Waals surface area contributed by atoms with Crippen LogP contribution in [0.5, 0.6) is 0 Å². The molecule has 1 N–H and O–H groups in total. The molecule has 0 saturated carbocycles. The van der Waals surface area contributed by atoms with Crippen LogP contribution in [0, 0.1) is 0 Å². The Labute approximate surface area is 82.4 Å². The largest absolute Gasteiger partial charge is 0.320 e. The summed E-state index contributed by atoms with van der Waals surface area (Å²) in [6.07, 6.45) is 0.689. The van der Waals surface area contributed by atoms with Crippen molar-refractivity contribution in [2.75, 3.05) is 13.6 Å². The first-order chi connectivity index (χ1) is 6.74. The molecule has 0 unspecified atom stereocenters. The van der Waals surface area contributed by atoms with Gasteiger partial charge in [0.15, 0.2) is 0 Å². The highest BCUT2D eigenvalue weighted by Gasteiger charge is 2.07. The smallest absolute Gasteiger partial charge is 0.263 e. The van der Waals surface area contributed by atoms with Crippen molar-refractivity contribution in [2.24, 2.45) is 0 Å². The molecule has 14 heavy (non-hydrogen) atoms. The number of nitrogens with zero attached hydrogens (tertiary/aromatic N) is 1. The third-order valence-corrected chi connectivity index (χ3v) is 1.95. The number of aryl methyl sites for hydroxylation is 1. The number of alkyl halides is 2. The van der Waals surface area contributed by atoms with E-state index in [0.717, 1.165) is 25.1 Å². The lowest BCUT2D eigenvalue weighted by Crippen LogP contribution is -2.08. The van der Waals surface area contributed by atoms with Crippen molar-refractivity contribution in [1.29, 1.82) is 0 Å². The summed E-state index contributed by atoms with van der Waals surface area (Å²) in [5.74, 6) is 0. The predicted molar refractivity (Wildman–Crippen MR) is 51.4 cm³/mol. The van der Waals surface area contributed by atoms with Crippen LogP contribution < -0.4 is 5.32 Å². The van der Waals surface area contributed by atoms with Crippen molar-refractivity contribution in [3.8, 4) is 0 Å². The van der Waals surface area contributed by atoms with Crippen LogP contribution in [0.1, 0.15) is 24.1 Å². The van der Waals surface area contributed by atoms with Crippen LogP contribution in [0.25, 0.3) is 0 Å². The summed E-state index contributed by atoms with van der Waals surface area (Å²) in [6, 6.07) is 2.83. The number of hydrogen-bond donors (Lipinski definition) is 1. The first-order valence-electron chi connectivity index (χ1n) is 4.61. The highest BCUT2D eigenvalue weighted by atomic mass is 19.3. The Bertz CT molecular complexity index is 277. The molecule has 0 atom stereocenters. The lowest BCUT2D eigenvalue weighted by molar-refractivity contribution is 0.151. The molecular formula is C10H14F2N2. The lowest BCUT2D eigenvalue weighted by atomic mass is 10.1. The van der Waals surface area contributed by atoms with Crippen molar-refractivity contribution in [3.63, 3.8) is 0 Å². The van der Waals surface area contributed by atoms with Gasteiger partial charge in [-0.15, -0.1) is 0 Å². The molecule has 0 aliphatic carbocycles. The van der Waals surface area contributed by atoms with Gasteiger partial charge < -0.3 is 5.32 Å². The average Bonchev–Trinajstić information content (AvgIpc) is 2.19. The van der Waals surface area contributed by atoms with Gasteiger partial charge in [0, 0.05) is 17.5 Å². The molecule has 1 heterocycles. The van der Waals surface area contributed by atoms with E-state index in [9.17, 15) is 8.78 Å². The number of hydrogen-bond acceptors (Lipinski definition) is 2. The van der Waals surface area contributed by atoms with Gasteiger partial charge in [0.05, 0.1) is 0 Å². The van der Waals surface area contributed by atoms with E-state index in [4.69, 9.17) is 0 Å². The molecule has 78 valence electrons. The average molecular weight is 200 g/mol. The van der Waals surface area contributed by atoms with E-state index in [0.29, 0.717) is 0 Å². The van der Waals surface area contributed by atoms with Crippen molar-refractivity contribution in [1.82, 2.24) is 10.3 Å². The number of halogens is 2. The van der Waals surface area contributed by atoms with Crippen molar-refractivity contribution in [3.05, 3.63) is 29.6 Å². The van der Waals surface area contributed by atoms with E-state index in [2.05, 4.69) is 10.3 Å². The molecule has 1 aromatic heterocycles. The molecule has 0 saturated heterocycles. The van der Waals surface area contributed by atoms with E-state index < -0.39 is 6.43 Å². The fraction of sp³-hybridized carbons (Fsp3) is 0.500. The molecule has 0 amide bonds. The first kappa shape index (κ1) is 11.0. The summed E-state index contributed by atoms with van der Waals surface area (Å²) in [5, 5.41) is 3.00. The maximum Gasteiger partial charge on any atom is 0.263 e. The molecule has 0 aliphatic rings. The Morgan fingerprint density at radius 1 is 1.50 bits per heavy atom. The lowest BCUT2D eigenvalue weighted by Gasteiger charge is -2.03. The molecule has 0 fully saturated rings. The zero-order valence-electron chi connectivity index (χ0n) is 8.13. The maximum absolute atomic E-state index is 12.3. The van der Waals surface area contributed by atoms with Crippen molar-refractivity contribution < 1.29 is 8.78 Å².